The molecule has 27 heavy (non-hydrogen) atoms. The van der Waals surface area contributed by atoms with Crippen LogP contribution in [0, 0.1) is 5.92 Å². The van der Waals surface area contributed by atoms with Crippen LogP contribution in [0.3, 0.4) is 0 Å². The maximum atomic E-state index is 12.7. The molecule has 8 heteroatoms. The fraction of sp³-hybridized carbons (Fsp3) is 0.368. The van der Waals surface area contributed by atoms with E-state index >= 15 is 0 Å². The molecule has 2 aromatic rings. The Morgan fingerprint density at radius 3 is 2.52 bits per heavy atom. The summed E-state index contributed by atoms with van der Waals surface area (Å²) >= 11 is 5.83. The predicted octanol–water partition coefficient (Wildman–Crippen LogP) is 2.84. The standard InChI is InChI=1S/C19H22ClN3O3S/c20-17-3-5-18(6-4-17)27(25,26)23-10-7-15(8-11-23)12-19(24)22-14-16-2-1-9-21-13-16/h1-6,9,13,15H,7-8,10-12,14H2,(H,22,24). The summed E-state index contributed by atoms with van der Waals surface area (Å²) in [6.45, 7) is 1.30. The minimum absolute atomic E-state index is 0.0159. The van der Waals surface area contributed by atoms with Crippen LogP contribution in [-0.4, -0.2) is 36.7 Å². The molecule has 1 aromatic carbocycles. The normalized spacial score (nSPS) is 16.2. The molecule has 1 amide bonds. The lowest BCUT2D eigenvalue weighted by atomic mass is 9.94. The van der Waals surface area contributed by atoms with Gasteiger partial charge < -0.3 is 5.32 Å². The van der Waals surface area contributed by atoms with Crippen molar-refractivity contribution in [3.05, 3.63) is 59.4 Å². The van der Waals surface area contributed by atoms with E-state index in [9.17, 15) is 13.2 Å². The summed E-state index contributed by atoms with van der Waals surface area (Å²) in [5.74, 6) is 0.174. The minimum atomic E-state index is -3.51. The Morgan fingerprint density at radius 1 is 1.19 bits per heavy atom. The summed E-state index contributed by atoms with van der Waals surface area (Å²) in [6.07, 6.45) is 5.17. The fourth-order valence-corrected chi connectivity index (χ4v) is 4.74. The summed E-state index contributed by atoms with van der Waals surface area (Å²) in [6, 6.07) is 9.94. The molecule has 0 aliphatic carbocycles. The quantitative estimate of drug-likeness (QED) is 0.798. The second-order valence-corrected chi connectivity index (χ2v) is 9.02. The van der Waals surface area contributed by atoms with E-state index in [2.05, 4.69) is 10.3 Å². The Kier molecular flexibility index (Phi) is 6.46. The van der Waals surface area contributed by atoms with Crippen LogP contribution in [0.2, 0.25) is 5.02 Å². The first kappa shape index (κ1) is 19.8. The topological polar surface area (TPSA) is 79.4 Å². The van der Waals surface area contributed by atoms with Crippen LogP contribution in [0.25, 0.3) is 0 Å². The lowest BCUT2D eigenvalue weighted by molar-refractivity contribution is -0.122. The van der Waals surface area contributed by atoms with Gasteiger partial charge in [0.05, 0.1) is 4.90 Å². The van der Waals surface area contributed by atoms with Gasteiger partial charge in [-0.1, -0.05) is 17.7 Å². The number of hydrogen-bond donors (Lipinski definition) is 1. The third kappa shape index (κ3) is 5.28. The highest BCUT2D eigenvalue weighted by Gasteiger charge is 2.30. The number of aromatic nitrogens is 1. The minimum Gasteiger partial charge on any atom is -0.352 e. The number of amides is 1. The second-order valence-electron chi connectivity index (χ2n) is 6.64. The molecule has 1 N–H and O–H groups in total. The number of carbonyl (C=O) groups excluding carboxylic acids is 1. The van der Waals surface area contributed by atoms with Gasteiger partial charge in [-0.05, 0) is 54.7 Å². The van der Waals surface area contributed by atoms with Crippen LogP contribution in [0.1, 0.15) is 24.8 Å². The van der Waals surface area contributed by atoms with E-state index in [1.165, 1.54) is 16.4 Å². The summed E-state index contributed by atoms with van der Waals surface area (Å²) in [5.41, 5.74) is 0.953. The Balaban J connectivity index is 1.48. The zero-order valence-corrected chi connectivity index (χ0v) is 16.4. The van der Waals surface area contributed by atoms with E-state index in [1.54, 1.807) is 24.5 Å². The van der Waals surface area contributed by atoms with Crippen molar-refractivity contribution in [3.63, 3.8) is 0 Å². The molecule has 0 bridgehead atoms. The van der Waals surface area contributed by atoms with Gasteiger partial charge in [-0.25, -0.2) is 8.42 Å². The van der Waals surface area contributed by atoms with Gasteiger partial charge in [0.1, 0.15) is 0 Å². The third-order valence-corrected chi connectivity index (χ3v) is 6.88. The van der Waals surface area contributed by atoms with Crippen molar-refractivity contribution in [1.29, 1.82) is 0 Å². The smallest absolute Gasteiger partial charge is 0.243 e. The lowest BCUT2D eigenvalue weighted by Crippen LogP contribution is -2.39. The predicted molar refractivity (Wildman–Crippen MR) is 104 cm³/mol. The molecular weight excluding hydrogens is 386 g/mol. The van der Waals surface area contributed by atoms with Gasteiger partial charge in [-0.15, -0.1) is 0 Å². The van der Waals surface area contributed by atoms with Gasteiger partial charge in [0.15, 0.2) is 0 Å². The Morgan fingerprint density at radius 2 is 1.89 bits per heavy atom. The van der Waals surface area contributed by atoms with Crippen LogP contribution in [0.5, 0.6) is 0 Å². The van der Waals surface area contributed by atoms with Crippen molar-refractivity contribution in [1.82, 2.24) is 14.6 Å². The summed E-state index contributed by atoms with van der Waals surface area (Å²) in [5, 5.41) is 3.40. The van der Waals surface area contributed by atoms with Gasteiger partial charge >= 0.3 is 0 Å². The highest BCUT2D eigenvalue weighted by atomic mass is 35.5. The molecule has 1 aliphatic heterocycles. The molecule has 6 nitrogen and oxygen atoms in total. The average Bonchev–Trinajstić information content (AvgIpc) is 2.68. The first-order chi connectivity index (χ1) is 12.9. The zero-order valence-electron chi connectivity index (χ0n) is 14.8. The molecule has 144 valence electrons. The van der Waals surface area contributed by atoms with Crippen LogP contribution >= 0.6 is 11.6 Å². The number of piperidine rings is 1. The number of carbonyl (C=O) groups is 1. The molecule has 0 unspecified atom stereocenters. The lowest BCUT2D eigenvalue weighted by Gasteiger charge is -2.31. The first-order valence-electron chi connectivity index (χ1n) is 8.86. The third-order valence-electron chi connectivity index (χ3n) is 4.71. The highest BCUT2D eigenvalue weighted by Crippen LogP contribution is 2.26. The van der Waals surface area contributed by atoms with E-state index < -0.39 is 10.0 Å². The van der Waals surface area contributed by atoms with E-state index in [4.69, 9.17) is 11.6 Å². The van der Waals surface area contributed by atoms with Gasteiger partial charge in [0.25, 0.3) is 0 Å². The number of sulfonamides is 1. The molecular formula is C19H22ClN3O3S. The molecule has 0 radical (unpaired) electrons. The molecule has 1 fully saturated rings. The molecule has 1 saturated heterocycles. The van der Waals surface area contributed by atoms with Crippen LogP contribution in [-0.2, 0) is 21.4 Å². The summed E-state index contributed by atoms with van der Waals surface area (Å²) in [4.78, 5) is 16.4. The molecule has 0 saturated carbocycles. The van der Waals surface area contributed by atoms with Crippen LogP contribution in [0.4, 0.5) is 0 Å². The maximum absolute atomic E-state index is 12.7. The Bertz CT molecular complexity index is 865. The van der Waals surface area contributed by atoms with Crippen molar-refractivity contribution < 1.29 is 13.2 Å². The molecule has 3 rings (SSSR count). The Hall–Kier alpha value is -1.96. The van der Waals surface area contributed by atoms with Crippen molar-refractivity contribution in [2.75, 3.05) is 13.1 Å². The second kappa shape index (κ2) is 8.82. The number of nitrogens with zero attached hydrogens (tertiary/aromatic N) is 2. The SMILES string of the molecule is O=C(CC1CCN(S(=O)(=O)c2ccc(Cl)cc2)CC1)NCc1cccnc1. The number of rotatable bonds is 6. The monoisotopic (exact) mass is 407 g/mol. The zero-order chi connectivity index (χ0) is 19.3. The number of pyridine rings is 1. The van der Waals surface area contributed by atoms with E-state index in [0.717, 1.165) is 5.56 Å². The number of halogens is 1. The van der Waals surface area contributed by atoms with E-state index in [0.29, 0.717) is 43.9 Å². The maximum Gasteiger partial charge on any atom is 0.243 e. The van der Waals surface area contributed by atoms with Gasteiger partial charge in [-0.2, -0.15) is 4.31 Å². The van der Waals surface area contributed by atoms with Gasteiger partial charge in [-0.3, -0.25) is 9.78 Å². The highest BCUT2D eigenvalue weighted by molar-refractivity contribution is 7.89. The van der Waals surface area contributed by atoms with E-state index in [-0.39, 0.29) is 16.7 Å². The molecule has 1 aliphatic rings. The van der Waals surface area contributed by atoms with Crippen LogP contribution < -0.4 is 5.32 Å². The number of benzene rings is 1. The van der Waals surface area contributed by atoms with Crippen molar-refractivity contribution >= 4 is 27.5 Å². The van der Waals surface area contributed by atoms with Crippen molar-refractivity contribution in [2.45, 2.75) is 30.7 Å². The molecule has 1 aromatic heterocycles. The molecule has 0 atom stereocenters. The number of hydrogen-bond acceptors (Lipinski definition) is 4. The average molecular weight is 408 g/mol. The first-order valence-corrected chi connectivity index (χ1v) is 10.7. The number of nitrogens with one attached hydrogen (secondary N) is 1. The van der Waals surface area contributed by atoms with E-state index in [1.807, 2.05) is 12.1 Å². The van der Waals surface area contributed by atoms with Crippen molar-refractivity contribution in [3.8, 4) is 0 Å². The van der Waals surface area contributed by atoms with Crippen molar-refractivity contribution in [2.24, 2.45) is 5.92 Å². The largest absolute Gasteiger partial charge is 0.352 e. The Labute approximate surface area is 164 Å². The molecule has 2 heterocycles. The van der Waals surface area contributed by atoms with Crippen LogP contribution in [0.15, 0.2) is 53.7 Å². The fourth-order valence-electron chi connectivity index (χ4n) is 3.15. The summed E-state index contributed by atoms with van der Waals surface area (Å²) < 4.78 is 26.9. The van der Waals surface area contributed by atoms with Gasteiger partial charge in [0, 0.05) is 43.5 Å². The molecule has 0 spiro atoms. The summed E-state index contributed by atoms with van der Waals surface area (Å²) in [7, 11) is -3.51. The van der Waals surface area contributed by atoms with Gasteiger partial charge in [0.2, 0.25) is 15.9 Å².